The molecule has 1 aromatic carbocycles. The number of fused-ring (bicyclic) bond motifs is 1. The van der Waals surface area contributed by atoms with E-state index in [-0.39, 0.29) is 0 Å². The average Bonchev–Trinajstić information content (AvgIpc) is 2.45. The van der Waals surface area contributed by atoms with Gasteiger partial charge in [0.1, 0.15) is 12.1 Å². The van der Waals surface area contributed by atoms with E-state index in [0.717, 1.165) is 31.9 Å². The predicted molar refractivity (Wildman–Crippen MR) is 75.9 cm³/mol. The van der Waals surface area contributed by atoms with Crippen molar-refractivity contribution in [2.75, 3.05) is 11.9 Å². The minimum Gasteiger partial charge on any atom is -0.366 e. The Kier molecular flexibility index (Phi) is 3.42. The van der Waals surface area contributed by atoms with Crippen molar-refractivity contribution in [1.29, 1.82) is 0 Å². The molecule has 0 atom stereocenters. The molecular weight excluding hydrogens is 236 g/mol. The third kappa shape index (κ3) is 2.74. The monoisotopic (exact) mass is 254 g/mol. The van der Waals surface area contributed by atoms with Crippen LogP contribution < -0.4 is 10.6 Å². The lowest BCUT2D eigenvalue weighted by molar-refractivity contribution is 0.627. The zero-order valence-electron chi connectivity index (χ0n) is 11.1. The highest BCUT2D eigenvalue weighted by atomic mass is 15.0. The smallest absolute Gasteiger partial charge is 0.134 e. The van der Waals surface area contributed by atoms with E-state index in [9.17, 15) is 0 Å². The summed E-state index contributed by atoms with van der Waals surface area (Å²) in [4.78, 5) is 8.73. The number of hydrogen-bond donors (Lipinski definition) is 2. The van der Waals surface area contributed by atoms with Crippen LogP contribution in [0.2, 0.25) is 0 Å². The number of nitrogens with one attached hydrogen (secondary N) is 2. The lowest BCUT2D eigenvalue weighted by Crippen LogP contribution is -2.26. The topological polar surface area (TPSA) is 49.8 Å². The van der Waals surface area contributed by atoms with Crippen molar-refractivity contribution in [2.45, 2.75) is 26.4 Å². The van der Waals surface area contributed by atoms with Gasteiger partial charge in [-0.3, -0.25) is 0 Å². The van der Waals surface area contributed by atoms with Crippen LogP contribution in [0.25, 0.3) is 0 Å². The maximum absolute atomic E-state index is 4.37. The molecule has 0 amide bonds. The molecule has 2 N–H and O–H groups in total. The molecule has 0 spiro atoms. The summed E-state index contributed by atoms with van der Waals surface area (Å²) in [7, 11) is 0. The maximum atomic E-state index is 4.37. The molecule has 4 nitrogen and oxygen atoms in total. The molecule has 3 rings (SSSR count). The Morgan fingerprint density at radius 2 is 2.26 bits per heavy atom. The first-order chi connectivity index (χ1) is 9.33. The van der Waals surface area contributed by atoms with Crippen molar-refractivity contribution in [3.05, 3.63) is 53.0 Å². The molecule has 2 aromatic rings. The molecular formula is C15H18N4. The van der Waals surface area contributed by atoms with Crippen molar-refractivity contribution >= 4 is 5.82 Å². The Balaban J connectivity index is 1.77. The van der Waals surface area contributed by atoms with E-state index in [2.05, 4.69) is 51.8 Å². The minimum absolute atomic E-state index is 0.797. The van der Waals surface area contributed by atoms with Crippen LogP contribution in [0, 0.1) is 6.92 Å². The number of nitrogens with zero attached hydrogens (tertiary/aromatic N) is 2. The second kappa shape index (κ2) is 5.36. The standard InChI is InChI=1S/C15H18N4/c1-11-3-2-4-12(7-11)8-17-15-13-9-16-6-5-14(13)18-10-19-15/h2-4,7,10,16H,5-6,8-9H2,1H3,(H,17,18,19). The second-order valence-corrected chi connectivity index (χ2v) is 4.92. The second-order valence-electron chi connectivity index (χ2n) is 4.92. The van der Waals surface area contributed by atoms with Crippen molar-refractivity contribution in [1.82, 2.24) is 15.3 Å². The first-order valence-corrected chi connectivity index (χ1v) is 6.66. The van der Waals surface area contributed by atoms with Gasteiger partial charge in [0.2, 0.25) is 0 Å². The summed E-state index contributed by atoms with van der Waals surface area (Å²) in [6.07, 6.45) is 2.64. The Morgan fingerprint density at radius 1 is 1.32 bits per heavy atom. The molecule has 1 aromatic heterocycles. The molecule has 4 heteroatoms. The summed E-state index contributed by atoms with van der Waals surface area (Å²) in [5, 5.41) is 6.79. The minimum atomic E-state index is 0.797. The Morgan fingerprint density at radius 3 is 3.16 bits per heavy atom. The van der Waals surface area contributed by atoms with Crippen LogP contribution in [-0.2, 0) is 19.5 Å². The summed E-state index contributed by atoms with van der Waals surface area (Å²) in [6, 6.07) is 8.52. The molecule has 2 heterocycles. The molecule has 1 aliphatic heterocycles. The van der Waals surface area contributed by atoms with Gasteiger partial charge in [-0.2, -0.15) is 0 Å². The van der Waals surface area contributed by atoms with Crippen LogP contribution in [0.15, 0.2) is 30.6 Å². The summed E-state index contributed by atoms with van der Waals surface area (Å²) >= 11 is 0. The van der Waals surface area contributed by atoms with Crippen LogP contribution >= 0.6 is 0 Å². The number of aromatic nitrogens is 2. The molecule has 0 saturated carbocycles. The largest absolute Gasteiger partial charge is 0.366 e. The maximum Gasteiger partial charge on any atom is 0.134 e. The fraction of sp³-hybridized carbons (Fsp3) is 0.333. The zero-order valence-corrected chi connectivity index (χ0v) is 11.1. The molecule has 0 unspecified atom stereocenters. The van der Waals surface area contributed by atoms with Crippen molar-refractivity contribution in [3.8, 4) is 0 Å². The van der Waals surface area contributed by atoms with Gasteiger partial charge in [-0.15, -0.1) is 0 Å². The quantitative estimate of drug-likeness (QED) is 0.880. The highest BCUT2D eigenvalue weighted by Gasteiger charge is 2.14. The van der Waals surface area contributed by atoms with Crippen molar-refractivity contribution in [2.24, 2.45) is 0 Å². The molecule has 98 valence electrons. The highest BCUT2D eigenvalue weighted by Crippen LogP contribution is 2.19. The molecule has 1 aliphatic rings. The van der Waals surface area contributed by atoms with Gasteiger partial charge in [-0.05, 0) is 12.5 Å². The van der Waals surface area contributed by atoms with Gasteiger partial charge in [-0.1, -0.05) is 29.8 Å². The van der Waals surface area contributed by atoms with Crippen LogP contribution in [0.1, 0.15) is 22.4 Å². The van der Waals surface area contributed by atoms with Crippen LogP contribution in [0.4, 0.5) is 5.82 Å². The summed E-state index contributed by atoms with van der Waals surface area (Å²) in [5.74, 6) is 0.957. The van der Waals surface area contributed by atoms with E-state index < -0.39 is 0 Å². The van der Waals surface area contributed by atoms with Crippen LogP contribution in [-0.4, -0.2) is 16.5 Å². The Labute approximate surface area is 113 Å². The number of anilines is 1. The summed E-state index contributed by atoms with van der Waals surface area (Å²) in [5.41, 5.74) is 4.93. The van der Waals surface area contributed by atoms with Crippen molar-refractivity contribution < 1.29 is 0 Å². The van der Waals surface area contributed by atoms with Gasteiger partial charge >= 0.3 is 0 Å². The van der Waals surface area contributed by atoms with Gasteiger partial charge in [0.15, 0.2) is 0 Å². The van der Waals surface area contributed by atoms with Crippen LogP contribution in [0.5, 0.6) is 0 Å². The normalized spacial score (nSPS) is 13.9. The molecule has 0 aliphatic carbocycles. The average molecular weight is 254 g/mol. The molecule has 19 heavy (non-hydrogen) atoms. The number of aryl methyl sites for hydroxylation is 1. The fourth-order valence-corrected chi connectivity index (χ4v) is 2.43. The predicted octanol–water partition coefficient (Wildman–Crippen LogP) is 2.04. The fourth-order valence-electron chi connectivity index (χ4n) is 2.43. The van der Waals surface area contributed by atoms with E-state index in [1.165, 1.54) is 22.4 Å². The third-order valence-electron chi connectivity index (χ3n) is 3.42. The lowest BCUT2D eigenvalue weighted by atomic mass is 10.1. The van der Waals surface area contributed by atoms with E-state index in [1.807, 2.05) is 0 Å². The van der Waals surface area contributed by atoms with E-state index in [4.69, 9.17) is 0 Å². The van der Waals surface area contributed by atoms with Gasteiger partial charge in [-0.25, -0.2) is 9.97 Å². The SMILES string of the molecule is Cc1cccc(CNc2ncnc3c2CNCC3)c1. The van der Waals surface area contributed by atoms with Crippen LogP contribution in [0.3, 0.4) is 0 Å². The lowest BCUT2D eigenvalue weighted by Gasteiger charge is -2.19. The molecule has 0 bridgehead atoms. The Hall–Kier alpha value is -1.94. The number of benzene rings is 1. The van der Waals surface area contributed by atoms with Gasteiger partial charge < -0.3 is 10.6 Å². The molecule has 0 fully saturated rings. The van der Waals surface area contributed by atoms with E-state index >= 15 is 0 Å². The molecule has 0 radical (unpaired) electrons. The summed E-state index contributed by atoms with van der Waals surface area (Å²) < 4.78 is 0. The zero-order chi connectivity index (χ0) is 13.1. The van der Waals surface area contributed by atoms with Gasteiger partial charge in [0.25, 0.3) is 0 Å². The number of hydrogen-bond acceptors (Lipinski definition) is 4. The van der Waals surface area contributed by atoms with E-state index in [0.29, 0.717) is 0 Å². The van der Waals surface area contributed by atoms with Crippen molar-refractivity contribution in [3.63, 3.8) is 0 Å². The van der Waals surface area contributed by atoms with Gasteiger partial charge in [0, 0.05) is 31.6 Å². The third-order valence-corrected chi connectivity index (χ3v) is 3.42. The first kappa shape index (κ1) is 12.1. The summed E-state index contributed by atoms with van der Waals surface area (Å²) in [6.45, 7) is 4.76. The van der Waals surface area contributed by atoms with E-state index in [1.54, 1.807) is 6.33 Å². The Bertz CT molecular complexity index is 580. The highest BCUT2D eigenvalue weighted by molar-refractivity contribution is 5.47. The first-order valence-electron chi connectivity index (χ1n) is 6.66. The molecule has 0 saturated heterocycles. The number of rotatable bonds is 3. The van der Waals surface area contributed by atoms with Gasteiger partial charge in [0.05, 0.1) is 5.69 Å².